The van der Waals surface area contributed by atoms with Gasteiger partial charge in [-0.25, -0.2) is 0 Å². The van der Waals surface area contributed by atoms with Gasteiger partial charge in [-0.3, -0.25) is 9.59 Å². The molecule has 2 aromatic carbocycles. The molecule has 0 saturated carbocycles. The first-order valence-electron chi connectivity index (χ1n) is 8.09. The second kappa shape index (κ2) is 7.85. The van der Waals surface area contributed by atoms with Crippen molar-refractivity contribution in [2.45, 2.75) is 20.4 Å². The monoisotopic (exact) mass is 388 g/mol. The molecule has 0 spiro atoms. The number of ether oxygens (including phenoxy) is 1. The molecule has 5 nitrogen and oxygen atoms in total. The first-order chi connectivity index (χ1) is 12.5. The molecule has 0 fully saturated rings. The van der Waals surface area contributed by atoms with E-state index >= 15 is 0 Å². The molecule has 1 amide bonds. The summed E-state index contributed by atoms with van der Waals surface area (Å²) in [7, 11) is 0. The van der Waals surface area contributed by atoms with Gasteiger partial charge in [0.25, 0.3) is 5.91 Å². The van der Waals surface area contributed by atoms with Gasteiger partial charge in [-0.1, -0.05) is 41.1 Å². The Morgan fingerprint density at radius 2 is 1.92 bits per heavy atom. The van der Waals surface area contributed by atoms with Crippen molar-refractivity contribution in [3.63, 3.8) is 0 Å². The topological polar surface area (TPSA) is 60.7 Å². The molecule has 0 radical (unpaired) electrons. The Labute approximate surface area is 159 Å². The maximum atomic E-state index is 12.5. The molecule has 1 aromatic heterocycles. The average Bonchev–Trinajstić information content (AvgIpc) is 2.97. The maximum Gasteiger partial charge on any atom is 0.326 e. The predicted octanol–water partition coefficient (Wildman–Crippen LogP) is 3.97. The highest BCUT2D eigenvalue weighted by molar-refractivity contribution is 7.16. The molecule has 0 bridgehead atoms. The van der Waals surface area contributed by atoms with Gasteiger partial charge >= 0.3 is 5.97 Å². The lowest BCUT2D eigenvalue weighted by atomic mass is 10.2. The Morgan fingerprint density at radius 1 is 1.19 bits per heavy atom. The first kappa shape index (κ1) is 18.4. The second-order valence-electron chi connectivity index (χ2n) is 5.58. The van der Waals surface area contributed by atoms with E-state index in [1.54, 1.807) is 41.8 Å². The molecule has 0 N–H and O–H groups in total. The molecule has 1 heterocycles. The van der Waals surface area contributed by atoms with Crippen LogP contribution in [0.2, 0.25) is 5.02 Å². The van der Waals surface area contributed by atoms with Crippen molar-refractivity contribution < 1.29 is 14.3 Å². The smallest absolute Gasteiger partial charge is 0.326 e. The van der Waals surface area contributed by atoms with Crippen LogP contribution in [0.5, 0.6) is 0 Å². The van der Waals surface area contributed by atoms with Crippen LogP contribution in [0.15, 0.2) is 47.5 Å². The molecule has 7 heteroatoms. The molecule has 0 atom stereocenters. The van der Waals surface area contributed by atoms with E-state index in [4.69, 9.17) is 16.3 Å². The maximum absolute atomic E-state index is 12.5. The van der Waals surface area contributed by atoms with E-state index in [9.17, 15) is 9.59 Å². The summed E-state index contributed by atoms with van der Waals surface area (Å²) in [6.07, 6.45) is 0. The van der Waals surface area contributed by atoms with Crippen molar-refractivity contribution in [1.29, 1.82) is 0 Å². The molecule has 26 heavy (non-hydrogen) atoms. The number of amides is 1. The number of esters is 1. The van der Waals surface area contributed by atoms with Crippen molar-refractivity contribution in [1.82, 2.24) is 4.57 Å². The van der Waals surface area contributed by atoms with Crippen LogP contribution in [0.25, 0.3) is 10.2 Å². The first-order valence-corrected chi connectivity index (χ1v) is 9.29. The number of aromatic nitrogens is 1. The number of fused-ring (bicyclic) bond motifs is 1. The molecular weight excluding hydrogens is 372 g/mol. The highest BCUT2D eigenvalue weighted by atomic mass is 35.5. The number of carbonyl (C=O) groups excluding carboxylic acids is 2. The summed E-state index contributed by atoms with van der Waals surface area (Å²) >= 11 is 7.58. The van der Waals surface area contributed by atoms with Crippen molar-refractivity contribution in [2.24, 2.45) is 4.99 Å². The van der Waals surface area contributed by atoms with Crippen molar-refractivity contribution in [3.05, 3.63) is 63.4 Å². The fraction of sp³-hybridized carbons (Fsp3) is 0.211. The number of hydrogen-bond donors (Lipinski definition) is 0. The van der Waals surface area contributed by atoms with E-state index < -0.39 is 0 Å². The van der Waals surface area contributed by atoms with E-state index in [1.807, 2.05) is 19.1 Å². The van der Waals surface area contributed by atoms with Crippen LogP contribution < -0.4 is 4.80 Å². The molecule has 3 aromatic rings. The van der Waals surface area contributed by atoms with E-state index in [0.29, 0.717) is 15.4 Å². The van der Waals surface area contributed by atoms with Crippen molar-refractivity contribution in [2.75, 3.05) is 6.61 Å². The minimum absolute atomic E-state index is 0.0318. The average molecular weight is 389 g/mol. The molecule has 3 rings (SSSR count). The van der Waals surface area contributed by atoms with Crippen LogP contribution in [0.3, 0.4) is 0 Å². The molecule has 0 unspecified atom stereocenters. The number of nitrogens with zero attached hydrogens (tertiary/aromatic N) is 2. The summed E-state index contributed by atoms with van der Waals surface area (Å²) < 4.78 is 7.66. The van der Waals surface area contributed by atoms with Gasteiger partial charge in [0.15, 0.2) is 4.80 Å². The van der Waals surface area contributed by atoms with Gasteiger partial charge in [-0.2, -0.15) is 4.99 Å². The van der Waals surface area contributed by atoms with Gasteiger partial charge in [0.1, 0.15) is 6.54 Å². The largest absolute Gasteiger partial charge is 0.465 e. The number of carbonyl (C=O) groups is 2. The summed E-state index contributed by atoms with van der Waals surface area (Å²) in [5.41, 5.74) is 2.11. The highest BCUT2D eigenvalue weighted by Crippen LogP contribution is 2.27. The third-order valence-corrected chi connectivity index (χ3v) is 5.29. The van der Waals surface area contributed by atoms with Gasteiger partial charge in [0.05, 0.1) is 16.8 Å². The number of benzene rings is 2. The number of thiazole rings is 1. The Morgan fingerprint density at radius 3 is 2.62 bits per heavy atom. The Balaban J connectivity index is 2.18. The van der Waals surface area contributed by atoms with Crippen LogP contribution in [0.1, 0.15) is 22.8 Å². The lowest BCUT2D eigenvalue weighted by molar-refractivity contribution is -0.143. The standard InChI is InChI=1S/C19H17ClN2O3S/c1-3-25-16(23)11-22-17-12(2)14(20)9-10-15(17)26-19(22)21-18(24)13-7-5-4-6-8-13/h4-10H,3,11H2,1-2H3. The van der Waals surface area contributed by atoms with Gasteiger partial charge in [-0.15, -0.1) is 0 Å². The van der Waals surface area contributed by atoms with Crippen molar-refractivity contribution >= 4 is 45.0 Å². The molecule has 0 aliphatic heterocycles. The third-order valence-electron chi connectivity index (χ3n) is 3.84. The van der Waals surface area contributed by atoms with E-state index in [-0.39, 0.29) is 25.0 Å². The molecule has 134 valence electrons. The number of hydrogen-bond acceptors (Lipinski definition) is 4. The minimum atomic E-state index is -0.389. The normalized spacial score (nSPS) is 11.7. The summed E-state index contributed by atoms with van der Waals surface area (Å²) in [4.78, 5) is 29.2. The zero-order valence-corrected chi connectivity index (χ0v) is 15.9. The zero-order valence-electron chi connectivity index (χ0n) is 14.4. The van der Waals surface area contributed by atoms with Crippen molar-refractivity contribution in [3.8, 4) is 0 Å². The quantitative estimate of drug-likeness (QED) is 0.635. The Kier molecular flexibility index (Phi) is 5.54. The summed E-state index contributed by atoms with van der Waals surface area (Å²) in [5.74, 6) is -0.751. The fourth-order valence-electron chi connectivity index (χ4n) is 2.62. The van der Waals surface area contributed by atoms with Gasteiger partial charge < -0.3 is 9.30 Å². The van der Waals surface area contributed by atoms with Crippen LogP contribution >= 0.6 is 22.9 Å². The van der Waals surface area contributed by atoms with E-state index in [1.165, 1.54) is 11.3 Å². The summed E-state index contributed by atoms with van der Waals surface area (Å²) in [6, 6.07) is 12.5. The minimum Gasteiger partial charge on any atom is -0.465 e. The SMILES string of the molecule is CCOC(=O)Cn1c(=NC(=O)c2ccccc2)sc2ccc(Cl)c(C)c21. The summed E-state index contributed by atoms with van der Waals surface area (Å²) in [6.45, 7) is 3.88. The zero-order chi connectivity index (χ0) is 18.7. The summed E-state index contributed by atoms with van der Waals surface area (Å²) in [5, 5.41) is 0.592. The van der Waals surface area contributed by atoms with Crippen LogP contribution in [0, 0.1) is 6.92 Å². The predicted molar refractivity (Wildman–Crippen MR) is 103 cm³/mol. The van der Waals surface area contributed by atoms with E-state index in [2.05, 4.69) is 4.99 Å². The molecule has 0 aliphatic rings. The Hall–Kier alpha value is -2.44. The van der Waals surface area contributed by atoms with Crippen LogP contribution in [-0.2, 0) is 16.1 Å². The molecule has 0 aliphatic carbocycles. The third kappa shape index (κ3) is 3.71. The van der Waals surface area contributed by atoms with Gasteiger partial charge in [0.2, 0.25) is 0 Å². The lowest BCUT2D eigenvalue weighted by Crippen LogP contribution is -2.23. The number of aryl methyl sites for hydroxylation is 1. The number of halogens is 1. The van der Waals surface area contributed by atoms with Gasteiger partial charge in [-0.05, 0) is 43.7 Å². The molecule has 0 saturated heterocycles. The fourth-order valence-corrected chi connectivity index (χ4v) is 3.86. The molecular formula is C19H17ClN2O3S. The van der Waals surface area contributed by atoms with Gasteiger partial charge in [0, 0.05) is 10.6 Å². The highest BCUT2D eigenvalue weighted by Gasteiger charge is 2.15. The van der Waals surface area contributed by atoms with Crippen LogP contribution in [-0.4, -0.2) is 23.1 Å². The lowest BCUT2D eigenvalue weighted by Gasteiger charge is -2.07. The van der Waals surface area contributed by atoms with E-state index in [0.717, 1.165) is 15.8 Å². The number of rotatable bonds is 4. The van der Waals surface area contributed by atoms with Crippen LogP contribution in [0.4, 0.5) is 0 Å². The second-order valence-corrected chi connectivity index (χ2v) is 6.99. The Bertz CT molecular complexity index is 1040.